The van der Waals surface area contributed by atoms with Crippen LogP contribution in [0.1, 0.15) is 17.3 Å². The van der Waals surface area contributed by atoms with Crippen LogP contribution in [0, 0.1) is 0 Å². The summed E-state index contributed by atoms with van der Waals surface area (Å²) in [4.78, 5) is 25.2. The molecule has 10 heteroatoms. The summed E-state index contributed by atoms with van der Waals surface area (Å²) in [5.41, 5.74) is 0.570. The molecule has 3 rings (SSSR count). The quantitative estimate of drug-likeness (QED) is 0.436. The maximum atomic E-state index is 13.5. The highest BCUT2D eigenvalue weighted by molar-refractivity contribution is 7.92. The summed E-state index contributed by atoms with van der Waals surface area (Å²) in [5.74, 6) is -0.772. The molecule has 0 saturated carbocycles. The van der Waals surface area contributed by atoms with Crippen LogP contribution in [-0.2, 0) is 19.6 Å². The third-order valence-electron chi connectivity index (χ3n) is 4.73. The summed E-state index contributed by atoms with van der Waals surface area (Å²) in [6, 6.07) is 18.3. The van der Waals surface area contributed by atoms with Crippen LogP contribution >= 0.6 is 11.6 Å². The summed E-state index contributed by atoms with van der Waals surface area (Å²) < 4.78 is 38.0. The van der Waals surface area contributed by atoms with Gasteiger partial charge in [-0.2, -0.15) is 0 Å². The van der Waals surface area contributed by atoms with Crippen molar-refractivity contribution >= 4 is 44.9 Å². The highest BCUT2D eigenvalue weighted by atomic mass is 35.5. The van der Waals surface area contributed by atoms with Crippen molar-refractivity contribution in [1.29, 1.82) is 0 Å². The molecule has 0 aliphatic rings. The number of rotatable bonds is 9. The molecular formula is C24H23ClN2O6S. The van der Waals surface area contributed by atoms with E-state index in [9.17, 15) is 18.0 Å². The van der Waals surface area contributed by atoms with Crippen LogP contribution in [0.5, 0.6) is 5.75 Å². The van der Waals surface area contributed by atoms with Crippen LogP contribution in [-0.4, -0.2) is 40.6 Å². The number of amides is 1. The average molecular weight is 503 g/mol. The Bertz CT molecular complexity index is 1280. The fraction of sp³-hybridized carbons (Fsp3) is 0.167. The summed E-state index contributed by atoms with van der Waals surface area (Å²) >= 11 is 6.09. The van der Waals surface area contributed by atoms with Crippen LogP contribution in [0.4, 0.5) is 11.4 Å². The average Bonchev–Trinajstić information content (AvgIpc) is 2.83. The molecule has 0 radical (unpaired) electrons. The van der Waals surface area contributed by atoms with Gasteiger partial charge < -0.3 is 14.8 Å². The summed E-state index contributed by atoms with van der Waals surface area (Å²) in [5, 5.41) is 2.91. The second-order valence-electron chi connectivity index (χ2n) is 6.98. The number of carbonyl (C=O) groups excluding carboxylic acids is 2. The summed E-state index contributed by atoms with van der Waals surface area (Å²) in [6.45, 7) is 1.28. The third kappa shape index (κ3) is 5.86. The van der Waals surface area contributed by atoms with Crippen molar-refractivity contribution in [2.75, 3.05) is 29.9 Å². The zero-order valence-electron chi connectivity index (χ0n) is 18.5. The number of anilines is 2. The zero-order chi connectivity index (χ0) is 24.7. The van der Waals surface area contributed by atoms with Crippen molar-refractivity contribution < 1.29 is 27.5 Å². The van der Waals surface area contributed by atoms with Gasteiger partial charge in [-0.15, -0.1) is 0 Å². The fourth-order valence-electron chi connectivity index (χ4n) is 3.12. The van der Waals surface area contributed by atoms with Gasteiger partial charge in [0, 0.05) is 5.02 Å². The molecular weight excluding hydrogens is 480 g/mol. The van der Waals surface area contributed by atoms with E-state index in [0.717, 1.165) is 4.31 Å². The molecule has 1 N–H and O–H groups in total. The van der Waals surface area contributed by atoms with Crippen LogP contribution in [0.3, 0.4) is 0 Å². The minimum absolute atomic E-state index is 0.0343. The molecule has 0 fully saturated rings. The Labute approximate surface area is 203 Å². The van der Waals surface area contributed by atoms with Crippen molar-refractivity contribution in [3.05, 3.63) is 83.4 Å². The van der Waals surface area contributed by atoms with Gasteiger partial charge in [0.15, 0.2) is 0 Å². The first-order valence-corrected chi connectivity index (χ1v) is 12.1. The maximum Gasteiger partial charge on any atom is 0.340 e. The number of hydrogen-bond acceptors (Lipinski definition) is 6. The Hall–Kier alpha value is -3.56. The van der Waals surface area contributed by atoms with Crippen molar-refractivity contribution in [1.82, 2.24) is 0 Å². The fourth-order valence-corrected chi connectivity index (χ4v) is 4.72. The summed E-state index contributed by atoms with van der Waals surface area (Å²) in [6.07, 6.45) is 0. The van der Waals surface area contributed by atoms with Crippen molar-refractivity contribution in [2.24, 2.45) is 0 Å². The lowest BCUT2D eigenvalue weighted by atomic mass is 10.2. The number of nitrogens with zero attached hydrogens (tertiary/aromatic N) is 1. The Morgan fingerprint density at radius 2 is 1.71 bits per heavy atom. The number of para-hydroxylation sites is 1. The van der Waals surface area contributed by atoms with E-state index in [2.05, 4.69) is 5.32 Å². The molecule has 3 aromatic rings. The molecule has 0 bridgehead atoms. The second-order valence-corrected chi connectivity index (χ2v) is 9.28. The molecule has 34 heavy (non-hydrogen) atoms. The number of nitrogens with one attached hydrogen (secondary N) is 1. The number of halogens is 1. The van der Waals surface area contributed by atoms with Gasteiger partial charge in [0.05, 0.1) is 35.6 Å². The van der Waals surface area contributed by atoms with Crippen LogP contribution < -0.4 is 14.4 Å². The molecule has 8 nitrogen and oxygen atoms in total. The molecule has 0 aromatic heterocycles. The van der Waals surface area contributed by atoms with Gasteiger partial charge in [0.1, 0.15) is 12.3 Å². The van der Waals surface area contributed by atoms with E-state index in [1.165, 1.54) is 55.6 Å². The van der Waals surface area contributed by atoms with Gasteiger partial charge >= 0.3 is 5.97 Å². The van der Waals surface area contributed by atoms with Gasteiger partial charge in [-0.3, -0.25) is 9.10 Å². The molecule has 178 valence electrons. The number of hydrogen-bond donors (Lipinski definition) is 1. The highest BCUT2D eigenvalue weighted by Crippen LogP contribution is 2.27. The standard InChI is InChI=1S/C24H23ClN2O6S/c1-3-33-24(29)21-9-4-5-10-22(21)26-23(28)16-27(18-8-6-7-17(25)15-18)34(30,31)20-13-11-19(32-2)12-14-20/h4-15H,3,16H2,1-2H3,(H,26,28). The number of methoxy groups -OCH3 is 1. The van der Waals surface area contributed by atoms with Crippen LogP contribution in [0.2, 0.25) is 5.02 Å². The minimum Gasteiger partial charge on any atom is -0.497 e. The van der Waals surface area contributed by atoms with E-state index in [0.29, 0.717) is 10.8 Å². The molecule has 0 aliphatic heterocycles. The Morgan fingerprint density at radius 1 is 1.00 bits per heavy atom. The first kappa shape index (κ1) is 25.1. The predicted octanol–water partition coefficient (Wildman–Crippen LogP) is 4.36. The first-order chi connectivity index (χ1) is 16.3. The lowest BCUT2D eigenvalue weighted by Crippen LogP contribution is -2.38. The molecule has 3 aromatic carbocycles. The van der Waals surface area contributed by atoms with Gasteiger partial charge in [0.25, 0.3) is 10.0 Å². The van der Waals surface area contributed by atoms with Crippen LogP contribution in [0.15, 0.2) is 77.7 Å². The number of esters is 1. The number of sulfonamides is 1. The molecule has 0 spiro atoms. The molecule has 1 amide bonds. The lowest BCUT2D eigenvalue weighted by molar-refractivity contribution is -0.114. The SMILES string of the molecule is CCOC(=O)c1ccccc1NC(=O)CN(c1cccc(Cl)c1)S(=O)(=O)c1ccc(OC)cc1. The van der Waals surface area contributed by atoms with Crippen molar-refractivity contribution in [2.45, 2.75) is 11.8 Å². The maximum absolute atomic E-state index is 13.5. The Morgan fingerprint density at radius 3 is 2.35 bits per heavy atom. The van der Waals surface area contributed by atoms with Crippen LogP contribution in [0.25, 0.3) is 0 Å². The first-order valence-electron chi connectivity index (χ1n) is 10.2. The minimum atomic E-state index is -4.15. The Kier molecular flexibility index (Phi) is 8.14. The largest absolute Gasteiger partial charge is 0.497 e. The second kappa shape index (κ2) is 11.0. The lowest BCUT2D eigenvalue weighted by Gasteiger charge is -2.24. The predicted molar refractivity (Wildman–Crippen MR) is 130 cm³/mol. The number of carbonyl (C=O) groups is 2. The monoisotopic (exact) mass is 502 g/mol. The van der Waals surface area contributed by atoms with E-state index < -0.39 is 28.4 Å². The highest BCUT2D eigenvalue weighted by Gasteiger charge is 2.28. The molecule has 0 unspecified atom stereocenters. The molecule has 0 heterocycles. The van der Waals surface area contributed by atoms with E-state index in [1.807, 2.05) is 0 Å². The normalized spacial score (nSPS) is 10.9. The Balaban J connectivity index is 1.94. The summed E-state index contributed by atoms with van der Waals surface area (Å²) in [7, 11) is -2.68. The number of ether oxygens (including phenoxy) is 2. The van der Waals surface area contributed by atoms with E-state index >= 15 is 0 Å². The van der Waals surface area contributed by atoms with Gasteiger partial charge in [-0.1, -0.05) is 29.8 Å². The van der Waals surface area contributed by atoms with Gasteiger partial charge in [-0.05, 0) is 61.5 Å². The topological polar surface area (TPSA) is 102 Å². The van der Waals surface area contributed by atoms with Gasteiger partial charge in [0.2, 0.25) is 5.91 Å². The van der Waals surface area contributed by atoms with E-state index in [-0.39, 0.29) is 28.4 Å². The number of benzene rings is 3. The molecule has 0 aliphatic carbocycles. The van der Waals surface area contributed by atoms with Crippen molar-refractivity contribution in [3.63, 3.8) is 0 Å². The van der Waals surface area contributed by atoms with Gasteiger partial charge in [-0.25, -0.2) is 13.2 Å². The third-order valence-corrected chi connectivity index (χ3v) is 6.75. The molecule has 0 saturated heterocycles. The zero-order valence-corrected chi connectivity index (χ0v) is 20.1. The van der Waals surface area contributed by atoms with E-state index in [4.69, 9.17) is 21.1 Å². The van der Waals surface area contributed by atoms with E-state index in [1.54, 1.807) is 31.2 Å². The smallest absolute Gasteiger partial charge is 0.340 e. The van der Waals surface area contributed by atoms with Crippen molar-refractivity contribution in [3.8, 4) is 5.75 Å². The molecule has 0 atom stereocenters.